The first-order chi connectivity index (χ1) is 15.1. The molecule has 1 aromatic carbocycles. The van der Waals surface area contributed by atoms with Crippen molar-refractivity contribution in [1.82, 2.24) is 20.1 Å². The van der Waals surface area contributed by atoms with E-state index in [2.05, 4.69) is 15.3 Å². The van der Waals surface area contributed by atoms with Crippen LogP contribution in [0.5, 0.6) is 5.75 Å². The smallest absolute Gasteiger partial charge is 0.287 e. The zero-order chi connectivity index (χ0) is 21.4. The number of benzene rings is 1. The summed E-state index contributed by atoms with van der Waals surface area (Å²) < 4.78 is 13.4. The molecule has 4 aromatic rings. The molecule has 1 aliphatic heterocycles. The van der Waals surface area contributed by atoms with Gasteiger partial charge in [0.05, 0.1) is 29.5 Å². The number of fused-ring (bicyclic) bond motifs is 1. The van der Waals surface area contributed by atoms with E-state index in [0.29, 0.717) is 5.76 Å². The third-order valence-corrected chi connectivity index (χ3v) is 6.75. The van der Waals surface area contributed by atoms with E-state index in [1.807, 2.05) is 35.9 Å². The largest absolute Gasteiger partial charge is 0.497 e. The molecule has 31 heavy (non-hydrogen) atoms. The van der Waals surface area contributed by atoms with E-state index in [4.69, 9.17) is 14.1 Å². The van der Waals surface area contributed by atoms with Gasteiger partial charge in [-0.15, -0.1) is 0 Å². The molecule has 1 saturated heterocycles. The minimum atomic E-state index is -0.154. The second kappa shape index (κ2) is 8.07. The number of piperidine rings is 1. The molecular weight excluding hydrogens is 414 g/mol. The number of carbonyl (C=O) groups is 1. The molecule has 0 atom stereocenters. The van der Waals surface area contributed by atoms with Crippen molar-refractivity contribution in [3.63, 3.8) is 0 Å². The molecule has 1 amide bonds. The summed E-state index contributed by atoms with van der Waals surface area (Å²) >= 11 is 1.67. The summed E-state index contributed by atoms with van der Waals surface area (Å²) in [5.74, 6) is 1.01. The van der Waals surface area contributed by atoms with E-state index in [0.717, 1.165) is 58.5 Å². The lowest BCUT2D eigenvalue weighted by molar-refractivity contribution is 0.0903. The number of ether oxygens (including phenoxy) is 1. The van der Waals surface area contributed by atoms with Crippen LogP contribution in [-0.4, -0.2) is 46.9 Å². The number of hydrogen-bond acceptors (Lipinski definition) is 7. The fourth-order valence-electron chi connectivity index (χ4n) is 3.84. The molecule has 4 heterocycles. The molecule has 5 rings (SSSR count). The molecule has 8 nitrogen and oxygen atoms in total. The van der Waals surface area contributed by atoms with Crippen molar-refractivity contribution in [2.75, 3.05) is 25.1 Å². The lowest BCUT2D eigenvalue weighted by Crippen LogP contribution is -2.44. The van der Waals surface area contributed by atoms with Gasteiger partial charge in [0.1, 0.15) is 5.75 Å². The predicted molar refractivity (Wildman–Crippen MR) is 119 cm³/mol. The molecule has 160 valence electrons. The van der Waals surface area contributed by atoms with Crippen molar-refractivity contribution in [3.05, 3.63) is 54.1 Å². The van der Waals surface area contributed by atoms with E-state index in [9.17, 15) is 4.79 Å². The lowest BCUT2D eigenvalue weighted by atomic mass is 10.1. The molecule has 1 aliphatic rings. The molecule has 0 aliphatic carbocycles. The van der Waals surface area contributed by atoms with Crippen LogP contribution in [0.15, 0.2) is 47.1 Å². The first-order valence-corrected chi connectivity index (χ1v) is 11.0. The summed E-state index contributed by atoms with van der Waals surface area (Å²) in [6, 6.07) is 11.4. The van der Waals surface area contributed by atoms with Crippen molar-refractivity contribution in [3.8, 4) is 11.4 Å². The third kappa shape index (κ3) is 3.76. The third-order valence-electron chi connectivity index (χ3n) is 5.54. The molecular formula is C22H23N5O3S. The SMILES string of the molecule is COc1ccc(-n2nc(C)c3sc(N4CCC(NC(=O)c5ccco5)CC4)nc32)cc1. The van der Waals surface area contributed by atoms with Crippen LogP contribution < -0.4 is 15.0 Å². The number of aromatic nitrogens is 3. The summed E-state index contributed by atoms with van der Waals surface area (Å²) in [5.41, 5.74) is 2.79. The Morgan fingerprint density at radius 3 is 2.68 bits per heavy atom. The van der Waals surface area contributed by atoms with Crippen molar-refractivity contribution in [1.29, 1.82) is 0 Å². The van der Waals surface area contributed by atoms with Gasteiger partial charge >= 0.3 is 0 Å². The van der Waals surface area contributed by atoms with Crippen LogP contribution in [0.4, 0.5) is 5.13 Å². The van der Waals surface area contributed by atoms with Gasteiger partial charge in [-0.05, 0) is 56.2 Å². The summed E-state index contributed by atoms with van der Waals surface area (Å²) in [5, 5.41) is 8.74. The van der Waals surface area contributed by atoms with Gasteiger partial charge < -0.3 is 19.4 Å². The fraction of sp³-hybridized carbons (Fsp3) is 0.318. The lowest BCUT2D eigenvalue weighted by Gasteiger charge is -2.31. The van der Waals surface area contributed by atoms with Crippen LogP contribution in [0.1, 0.15) is 29.1 Å². The number of methoxy groups -OCH3 is 1. The van der Waals surface area contributed by atoms with Gasteiger partial charge in [-0.1, -0.05) is 11.3 Å². The number of nitrogens with one attached hydrogen (secondary N) is 1. The number of hydrogen-bond donors (Lipinski definition) is 1. The minimum Gasteiger partial charge on any atom is -0.497 e. The van der Waals surface area contributed by atoms with Crippen LogP contribution >= 0.6 is 11.3 Å². The summed E-state index contributed by atoms with van der Waals surface area (Å²) in [4.78, 5) is 19.4. The van der Waals surface area contributed by atoms with Gasteiger partial charge in [0, 0.05) is 19.1 Å². The molecule has 0 spiro atoms. The fourth-order valence-corrected chi connectivity index (χ4v) is 4.88. The van der Waals surface area contributed by atoms with E-state index in [1.54, 1.807) is 30.6 Å². The highest BCUT2D eigenvalue weighted by atomic mass is 32.1. The number of nitrogens with zero attached hydrogens (tertiary/aromatic N) is 4. The second-order valence-electron chi connectivity index (χ2n) is 7.56. The standard InChI is InChI=1S/C22H23N5O3S/c1-14-19-20(27(25-14)16-5-7-17(29-2)8-6-16)24-22(31-19)26-11-9-15(10-12-26)23-21(28)18-4-3-13-30-18/h3-8,13,15H,9-12H2,1-2H3,(H,23,28). The minimum absolute atomic E-state index is 0.139. The maximum atomic E-state index is 12.2. The Morgan fingerprint density at radius 1 is 1.23 bits per heavy atom. The zero-order valence-corrected chi connectivity index (χ0v) is 18.2. The number of amides is 1. The number of furan rings is 1. The zero-order valence-electron chi connectivity index (χ0n) is 17.4. The van der Waals surface area contributed by atoms with E-state index >= 15 is 0 Å². The van der Waals surface area contributed by atoms with E-state index in [-0.39, 0.29) is 11.9 Å². The number of aryl methyl sites for hydroxylation is 1. The highest BCUT2D eigenvalue weighted by Crippen LogP contribution is 2.34. The van der Waals surface area contributed by atoms with Crippen molar-refractivity contribution >= 4 is 32.7 Å². The van der Waals surface area contributed by atoms with E-state index < -0.39 is 0 Å². The maximum Gasteiger partial charge on any atom is 0.287 e. The molecule has 0 bridgehead atoms. The van der Waals surface area contributed by atoms with Crippen molar-refractivity contribution in [2.45, 2.75) is 25.8 Å². The monoisotopic (exact) mass is 437 g/mol. The highest BCUT2D eigenvalue weighted by Gasteiger charge is 2.25. The van der Waals surface area contributed by atoms with Gasteiger partial charge in [-0.2, -0.15) is 10.1 Å². The van der Waals surface area contributed by atoms with Crippen LogP contribution in [0.25, 0.3) is 16.0 Å². The topological polar surface area (TPSA) is 85.4 Å². The Hall–Kier alpha value is -3.33. The first-order valence-electron chi connectivity index (χ1n) is 10.2. The first kappa shape index (κ1) is 19.6. The Labute approximate surface area is 183 Å². The molecule has 3 aromatic heterocycles. The van der Waals surface area contributed by atoms with Gasteiger partial charge in [0.15, 0.2) is 16.5 Å². The average Bonchev–Trinajstić information content (AvgIpc) is 3.53. The van der Waals surface area contributed by atoms with Gasteiger partial charge in [-0.3, -0.25) is 4.79 Å². The summed E-state index contributed by atoms with van der Waals surface area (Å²) in [7, 11) is 1.66. The second-order valence-corrected chi connectivity index (χ2v) is 8.53. The Kier molecular flexibility index (Phi) is 5.11. The van der Waals surface area contributed by atoms with Crippen molar-refractivity contribution in [2.24, 2.45) is 0 Å². The molecule has 9 heteroatoms. The maximum absolute atomic E-state index is 12.2. The average molecular weight is 438 g/mol. The molecule has 0 unspecified atom stereocenters. The number of thiazole rings is 1. The van der Waals surface area contributed by atoms with Crippen LogP contribution in [0, 0.1) is 6.92 Å². The number of carbonyl (C=O) groups excluding carboxylic acids is 1. The van der Waals surface area contributed by atoms with Crippen molar-refractivity contribution < 1.29 is 13.9 Å². The molecule has 0 radical (unpaired) electrons. The Balaban J connectivity index is 1.30. The Morgan fingerprint density at radius 2 is 2.00 bits per heavy atom. The van der Waals surface area contributed by atoms with Gasteiger partial charge in [0.25, 0.3) is 5.91 Å². The van der Waals surface area contributed by atoms with Crippen LogP contribution in [-0.2, 0) is 0 Å². The quantitative estimate of drug-likeness (QED) is 0.511. The van der Waals surface area contributed by atoms with E-state index in [1.165, 1.54) is 6.26 Å². The van der Waals surface area contributed by atoms with Crippen LogP contribution in [0.3, 0.4) is 0 Å². The summed E-state index contributed by atoms with van der Waals surface area (Å²) in [6.07, 6.45) is 3.25. The van der Waals surface area contributed by atoms with Crippen LogP contribution in [0.2, 0.25) is 0 Å². The number of rotatable bonds is 5. The van der Waals surface area contributed by atoms with Gasteiger partial charge in [0.2, 0.25) is 0 Å². The predicted octanol–water partition coefficient (Wildman–Crippen LogP) is 3.79. The molecule has 0 saturated carbocycles. The highest BCUT2D eigenvalue weighted by molar-refractivity contribution is 7.22. The molecule has 1 fully saturated rings. The summed E-state index contributed by atoms with van der Waals surface area (Å²) in [6.45, 7) is 3.70. The molecule has 1 N–H and O–H groups in total. The number of anilines is 1. The normalized spacial score (nSPS) is 14.8. The Bertz CT molecular complexity index is 1190. The van der Waals surface area contributed by atoms with Gasteiger partial charge in [-0.25, -0.2) is 4.68 Å².